The Labute approximate surface area is 176 Å². The minimum atomic E-state index is 0.314. The van der Waals surface area contributed by atoms with Crippen molar-refractivity contribution >= 4 is 21.7 Å². The van der Waals surface area contributed by atoms with Gasteiger partial charge in [-0.2, -0.15) is 0 Å². The number of fused-ring (bicyclic) bond motifs is 2. The summed E-state index contributed by atoms with van der Waals surface area (Å²) in [6, 6.07) is 17.7. The van der Waals surface area contributed by atoms with Gasteiger partial charge < -0.3 is 4.42 Å². The van der Waals surface area contributed by atoms with E-state index in [4.69, 9.17) is 4.42 Å². The van der Waals surface area contributed by atoms with Crippen molar-refractivity contribution in [2.75, 3.05) is 0 Å². The van der Waals surface area contributed by atoms with Gasteiger partial charge in [-0.25, -0.2) is 4.68 Å². The number of pyridine rings is 2. The fourth-order valence-electron chi connectivity index (χ4n) is 3.75. The quantitative estimate of drug-likeness (QED) is 0.431. The van der Waals surface area contributed by atoms with Gasteiger partial charge in [0.25, 0.3) is 5.89 Å². The third kappa shape index (κ3) is 2.77. The molecule has 0 saturated carbocycles. The molecular weight excluding hydrogens is 390 g/mol. The summed E-state index contributed by atoms with van der Waals surface area (Å²) in [5, 5.41) is 20.2. The Kier molecular flexibility index (Phi) is 3.82. The van der Waals surface area contributed by atoms with E-state index in [0.29, 0.717) is 17.5 Å². The molecule has 0 N–H and O–H groups in total. The van der Waals surface area contributed by atoms with Gasteiger partial charge in [-0.15, -0.1) is 15.3 Å². The lowest BCUT2D eigenvalue weighted by Gasteiger charge is -2.07. The van der Waals surface area contributed by atoms with E-state index in [1.807, 2.05) is 67.7 Å². The summed E-state index contributed by atoms with van der Waals surface area (Å²) < 4.78 is 7.77. The highest BCUT2D eigenvalue weighted by atomic mass is 16.4. The van der Waals surface area contributed by atoms with Gasteiger partial charge in [-0.3, -0.25) is 9.97 Å². The van der Waals surface area contributed by atoms with Crippen molar-refractivity contribution in [2.24, 2.45) is 0 Å². The Morgan fingerprint density at radius 2 is 1.65 bits per heavy atom. The van der Waals surface area contributed by atoms with Gasteiger partial charge in [0.1, 0.15) is 0 Å². The van der Waals surface area contributed by atoms with Crippen molar-refractivity contribution in [3.8, 4) is 28.7 Å². The number of rotatable bonds is 3. The van der Waals surface area contributed by atoms with Crippen molar-refractivity contribution in [3.63, 3.8) is 0 Å². The van der Waals surface area contributed by atoms with E-state index in [0.717, 1.165) is 38.6 Å². The highest BCUT2D eigenvalue weighted by Crippen LogP contribution is 2.30. The number of nitrogens with zero attached hydrogens (tertiary/aromatic N) is 7. The van der Waals surface area contributed by atoms with Crippen molar-refractivity contribution in [2.45, 2.75) is 6.92 Å². The number of para-hydroxylation sites is 1. The third-order valence-electron chi connectivity index (χ3n) is 5.27. The van der Waals surface area contributed by atoms with Crippen LogP contribution < -0.4 is 0 Å². The van der Waals surface area contributed by atoms with Crippen LogP contribution >= 0.6 is 0 Å². The van der Waals surface area contributed by atoms with Crippen LogP contribution in [0.5, 0.6) is 0 Å². The summed E-state index contributed by atoms with van der Waals surface area (Å²) in [5.41, 5.74) is 3.84. The average Bonchev–Trinajstić information content (AvgIpc) is 3.45. The molecule has 0 saturated heterocycles. The molecule has 0 unspecified atom stereocenters. The van der Waals surface area contributed by atoms with Crippen molar-refractivity contribution in [1.29, 1.82) is 0 Å². The molecule has 0 fully saturated rings. The van der Waals surface area contributed by atoms with Crippen molar-refractivity contribution in [1.82, 2.24) is 35.2 Å². The molecule has 31 heavy (non-hydrogen) atoms. The summed E-state index contributed by atoms with van der Waals surface area (Å²) >= 11 is 0. The van der Waals surface area contributed by atoms with Crippen LogP contribution in [0.2, 0.25) is 0 Å². The Morgan fingerprint density at radius 1 is 0.806 bits per heavy atom. The summed E-state index contributed by atoms with van der Waals surface area (Å²) in [6.07, 6.45) is 5.34. The minimum absolute atomic E-state index is 0.314. The number of benzene rings is 2. The van der Waals surface area contributed by atoms with Gasteiger partial charge in [-0.05, 0) is 31.2 Å². The predicted molar refractivity (Wildman–Crippen MR) is 115 cm³/mol. The van der Waals surface area contributed by atoms with E-state index >= 15 is 0 Å². The molecule has 4 aromatic heterocycles. The SMILES string of the molecule is Cc1c(-c2nnc(-c3cccc4cccnc34)o2)nnn1-c1cccc2cnccc12. The van der Waals surface area contributed by atoms with E-state index in [2.05, 4.69) is 30.5 Å². The largest absolute Gasteiger partial charge is 0.414 e. The molecule has 0 radical (unpaired) electrons. The second-order valence-electron chi connectivity index (χ2n) is 7.10. The first-order valence-corrected chi connectivity index (χ1v) is 9.73. The molecule has 8 nitrogen and oxygen atoms in total. The standard InChI is InChI=1S/C23H15N7O/c1-14-20(26-29-30(14)19-9-3-6-16-13-24-12-10-17(16)19)23-28-27-22(31-23)18-8-2-5-15-7-4-11-25-21(15)18/h2-13H,1H3. The predicted octanol–water partition coefficient (Wildman–Crippen LogP) is 4.39. The molecule has 0 amide bonds. The van der Waals surface area contributed by atoms with Gasteiger partial charge in [0.05, 0.1) is 22.5 Å². The lowest BCUT2D eigenvalue weighted by molar-refractivity contribution is 0.582. The third-order valence-corrected chi connectivity index (χ3v) is 5.27. The minimum Gasteiger partial charge on any atom is -0.414 e. The zero-order chi connectivity index (χ0) is 20.8. The molecule has 4 heterocycles. The fourth-order valence-corrected chi connectivity index (χ4v) is 3.75. The lowest BCUT2D eigenvalue weighted by Crippen LogP contribution is -2.00. The Balaban J connectivity index is 1.45. The normalized spacial score (nSPS) is 11.4. The van der Waals surface area contributed by atoms with E-state index in [9.17, 15) is 0 Å². The molecular formula is C23H15N7O. The summed E-state index contributed by atoms with van der Waals surface area (Å²) in [4.78, 5) is 8.66. The van der Waals surface area contributed by atoms with Gasteiger partial charge in [0.15, 0.2) is 5.69 Å². The first kappa shape index (κ1) is 17.4. The van der Waals surface area contributed by atoms with Crippen LogP contribution in [0.1, 0.15) is 5.69 Å². The van der Waals surface area contributed by atoms with E-state index in [1.54, 1.807) is 17.1 Å². The molecule has 0 aliphatic carbocycles. The number of aromatic nitrogens is 7. The zero-order valence-electron chi connectivity index (χ0n) is 16.5. The summed E-state index contributed by atoms with van der Waals surface area (Å²) in [6.45, 7) is 1.93. The summed E-state index contributed by atoms with van der Waals surface area (Å²) in [5.74, 6) is 0.707. The number of hydrogen-bond acceptors (Lipinski definition) is 7. The van der Waals surface area contributed by atoms with Gasteiger partial charge in [0.2, 0.25) is 5.89 Å². The molecule has 0 bridgehead atoms. The van der Waals surface area contributed by atoms with E-state index in [1.165, 1.54) is 0 Å². The Hall–Kier alpha value is -4.46. The second-order valence-corrected chi connectivity index (χ2v) is 7.10. The van der Waals surface area contributed by atoms with Crippen LogP contribution in [0.25, 0.3) is 50.4 Å². The molecule has 6 rings (SSSR count). The summed E-state index contributed by atoms with van der Waals surface area (Å²) in [7, 11) is 0. The monoisotopic (exact) mass is 405 g/mol. The Morgan fingerprint density at radius 3 is 2.61 bits per heavy atom. The lowest BCUT2D eigenvalue weighted by atomic mass is 10.1. The molecule has 0 aliphatic rings. The van der Waals surface area contributed by atoms with Crippen LogP contribution in [0.15, 0.2) is 77.6 Å². The average molecular weight is 405 g/mol. The maximum Gasteiger partial charge on any atom is 0.270 e. The maximum atomic E-state index is 5.99. The van der Waals surface area contributed by atoms with Crippen LogP contribution in [0.3, 0.4) is 0 Å². The van der Waals surface area contributed by atoms with Crippen LogP contribution in [0.4, 0.5) is 0 Å². The fraction of sp³-hybridized carbons (Fsp3) is 0.0435. The first-order valence-electron chi connectivity index (χ1n) is 9.73. The van der Waals surface area contributed by atoms with Gasteiger partial charge >= 0.3 is 0 Å². The molecule has 148 valence electrons. The molecule has 2 aromatic carbocycles. The van der Waals surface area contributed by atoms with Crippen LogP contribution in [0, 0.1) is 6.92 Å². The molecule has 6 aromatic rings. The van der Waals surface area contributed by atoms with Gasteiger partial charge in [0, 0.05) is 34.7 Å². The van der Waals surface area contributed by atoms with Crippen molar-refractivity contribution in [3.05, 3.63) is 78.9 Å². The topological polar surface area (TPSA) is 95.4 Å². The van der Waals surface area contributed by atoms with Crippen LogP contribution in [-0.4, -0.2) is 35.2 Å². The zero-order valence-corrected chi connectivity index (χ0v) is 16.5. The molecule has 0 aliphatic heterocycles. The smallest absolute Gasteiger partial charge is 0.270 e. The molecule has 8 heteroatoms. The highest BCUT2D eigenvalue weighted by Gasteiger charge is 2.20. The van der Waals surface area contributed by atoms with E-state index < -0.39 is 0 Å². The maximum absolute atomic E-state index is 5.99. The molecule has 0 atom stereocenters. The molecule has 0 spiro atoms. The number of hydrogen-bond donors (Lipinski definition) is 0. The van der Waals surface area contributed by atoms with Crippen molar-refractivity contribution < 1.29 is 4.42 Å². The van der Waals surface area contributed by atoms with Gasteiger partial charge in [-0.1, -0.05) is 35.5 Å². The van der Waals surface area contributed by atoms with Crippen LogP contribution in [-0.2, 0) is 0 Å². The Bertz CT molecular complexity index is 1560. The second kappa shape index (κ2) is 6.81. The van der Waals surface area contributed by atoms with E-state index in [-0.39, 0.29) is 0 Å². The first-order chi connectivity index (χ1) is 15.3. The highest BCUT2D eigenvalue weighted by molar-refractivity contribution is 5.91.